The minimum Gasteiger partial charge on any atom is -0.497 e. The standard InChI is InChI=1S/C23H20ClN5O2/c1-15-19(24)7-4-8-20(15)29-22(17-9-11-25-12-10-17)21(27-28-29)23(30)26-14-16-5-3-6-18(13-16)31-2/h3-13H,14H2,1-2H3,(H,26,30). The molecule has 0 aliphatic rings. The van der Waals surface area contributed by atoms with Gasteiger partial charge in [0.25, 0.3) is 5.91 Å². The molecule has 2 aromatic heterocycles. The molecule has 0 saturated heterocycles. The number of carbonyl (C=O) groups excluding carboxylic acids is 1. The number of methoxy groups -OCH3 is 1. The maximum absolute atomic E-state index is 13.1. The van der Waals surface area contributed by atoms with Crippen LogP contribution in [0.2, 0.25) is 5.02 Å². The second kappa shape index (κ2) is 8.97. The lowest BCUT2D eigenvalue weighted by molar-refractivity contribution is 0.0946. The first-order valence-corrected chi connectivity index (χ1v) is 9.99. The molecule has 1 amide bonds. The average Bonchev–Trinajstić information content (AvgIpc) is 3.25. The van der Waals surface area contributed by atoms with E-state index < -0.39 is 0 Å². The van der Waals surface area contributed by atoms with Gasteiger partial charge in [-0.05, 0) is 54.4 Å². The van der Waals surface area contributed by atoms with Crippen LogP contribution in [0.25, 0.3) is 16.9 Å². The van der Waals surface area contributed by atoms with E-state index in [1.807, 2.05) is 61.5 Å². The quantitative estimate of drug-likeness (QED) is 0.492. The summed E-state index contributed by atoms with van der Waals surface area (Å²) >= 11 is 6.31. The van der Waals surface area contributed by atoms with E-state index in [1.165, 1.54) is 0 Å². The van der Waals surface area contributed by atoms with Crippen LogP contribution in [0.15, 0.2) is 67.0 Å². The van der Waals surface area contributed by atoms with Crippen molar-refractivity contribution in [3.05, 3.63) is 88.8 Å². The monoisotopic (exact) mass is 433 g/mol. The highest BCUT2D eigenvalue weighted by Crippen LogP contribution is 2.29. The molecule has 8 heteroatoms. The van der Waals surface area contributed by atoms with Gasteiger partial charge in [0.15, 0.2) is 5.69 Å². The van der Waals surface area contributed by atoms with Crippen LogP contribution in [-0.2, 0) is 6.54 Å². The van der Waals surface area contributed by atoms with Crippen molar-refractivity contribution in [2.75, 3.05) is 7.11 Å². The van der Waals surface area contributed by atoms with Gasteiger partial charge in [-0.3, -0.25) is 9.78 Å². The van der Waals surface area contributed by atoms with Gasteiger partial charge in [0.1, 0.15) is 11.4 Å². The number of amides is 1. The van der Waals surface area contributed by atoms with Gasteiger partial charge in [-0.15, -0.1) is 5.10 Å². The zero-order chi connectivity index (χ0) is 21.8. The van der Waals surface area contributed by atoms with Crippen molar-refractivity contribution in [3.63, 3.8) is 0 Å². The lowest BCUT2D eigenvalue weighted by Gasteiger charge is -2.12. The Kier molecular flexibility index (Phi) is 5.95. The molecular formula is C23H20ClN5O2. The Morgan fingerprint density at radius 1 is 1.13 bits per heavy atom. The summed E-state index contributed by atoms with van der Waals surface area (Å²) in [4.78, 5) is 17.1. The van der Waals surface area contributed by atoms with Crippen molar-refractivity contribution in [1.29, 1.82) is 0 Å². The molecule has 0 spiro atoms. The normalized spacial score (nSPS) is 10.7. The first kappa shape index (κ1) is 20.6. The number of hydrogen-bond donors (Lipinski definition) is 1. The molecule has 0 aliphatic carbocycles. The minimum absolute atomic E-state index is 0.216. The lowest BCUT2D eigenvalue weighted by atomic mass is 10.1. The molecular weight excluding hydrogens is 414 g/mol. The highest BCUT2D eigenvalue weighted by Gasteiger charge is 2.23. The van der Waals surface area contributed by atoms with E-state index in [9.17, 15) is 4.79 Å². The third-order valence-electron chi connectivity index (χ3n) is 4.89. The molecule has 0 aliphatic heterocycles. The Morgan fingerprint density at radius 2 is 1.90 bits per heavy atom. The number of pyridine rings is 1. The molecule has 2 aromatic carbocycles. The highest BCUT2D eigenvalue weighted by molar-refractivity contribution is 6.31. The smallest absolute Gasteiger partial charge is 0.274 e. The van der Waals surface area contributed by atoms with Gasteiger partial charge < -0.3 is 10.1 Å². The zero-order valence-corrected chi connectivity index (χ0v) is 17.8. The predicted octanol–water partition coefficient (Wildman–Crippen LogP) is 4.23. The van der Waals surface area contributed by atoms with Crippen LogP contribution in [0.1, 0.15) is 21.6 Å². The zero-order valence-electron chi connectivity index (χ0n) is 17.0. The first-order chi connectivity index (χ1) is 15.1. The van der Waals surface area contributed by atoms with Crippen molar-refractivity contribution >= 4 is 17.5 Å². The van der Waals surface area contributed by atoms with Gasteiger partial charge >= 0.3 is 0 Å². The third kappa shape index (κ3) is 4.27. The van der Waals surface area contributed by atoms with E-state index in [0.717, 1.165) is 28.1 Å². The summed E-state index contributed by atoms with van der Waals surface area (Å²) in [7, 11) is 1.61. The van der Waals surface area contributed by atoms with Crippen molar-refractivity contribution in [2.24, 2.45) is 0 Å². The fraction of sp³-hybridized carbons (Fsp3) is 0.130. The third-order valence-corrected chi connectivity index (χ3v) is 5.30. The summed E-state index contributed by atoms with van der Waals surface area (Å²) in [6.45, 7) is 2.23. The maximum Gasteiger partial charge on any atom is 0.274 e. The molecule has 156 valence electrons. The number of nitrogens with one attached hydrogen (secondary N) is 1. The molecule has 2 heterocycles. The number of carbonyl (C=O) groups is 1. The molecule has 4 rings (SSSR count). The lowest BCUT2D eigenvalue weighted by Crippen LogP contribution is -2.24. The van der Waals surface area contributed by atoms with Gasteiger partial charge in [0, 0.05) is 29.5 Å². The van der Waals surface area contributed by atoms with Gasteiger partial charge in [0.2, 0.25) is 0 Å². The van der Waals surface area contributed by atoms with Crippen LogP contribution in [0.5, 0.6) is 5.75 Å². The second-order valence-electron chi connectivity index (χ2n) is 6.85. The summed E-state index contributed by atoms with van der Waals surface area (Å²) in [5.41, 5.74) is 4.05. The van der Waals surface area contributed by atoms with Crippen molar-refractivity contribution < 1.29 is 9.53 Å². The van der Waals surface area contributed by atoms with Gasteiger partial charge in [-0.2, -0.15) is 0 Å². The number of benzene rings is 2. The van der Waals surface area contributed by atoms with Crippen molar-refractivity contribution in [2.45, 2.75) is 13.5 Å². The minimum atomic E-state index is -0.333. The highest BCUT2D eigenvalue weighted by atomic mass is 35.5. The Labute approximate surface area is 184 Å². The van der Waals surface area contributed by atoms with Gasteiger partial charge in [-0.1, -0.05) is 35.0 Å². The molecule has 4 aromatic rings. The summed E-state index contributed by atoms with van der Waals surface area (Å²) in [6, 6.07) is 16.7. The predicted molar refractivity (Wildman–Crippen MR) is 119 cm³/mol. The Bertz CT molecular complexity index is 1220. The molecule has 31 heavy (non-hydrogen) atoms. The number of aromatic nitrogens is 4. The fourth-order valence-corrected chi connectivity index (χ4v) is 3.42. The second-order valence-corrected chi connectivity index (χ2v) is 7.26. The van der Waals surface area contributed by atoms with Gasteiger partial charge in [-0.25, -0.2) is 4.68 Å². The molecule has 0 radical (unpaired) electrons. The molecule has 0 fully saturated rings. The summed E-state index contributed by atoms with van der Waals surface area (Å²) in [6.07, 6.45) is 3.32. The van der Waals surface area contributed by atoms with E-state index in [2.05, 4.69) is 20.6 Å². The van der Waals surface area contributed by atoms with E-state index in [0.29, 0.717) is 17.3 Å². The molecule has 0 saturated carbocycles. The van der Waals surface area contributed by atoms with E-state index >= 15 is 0 Å². The molecule has 1 N–H and O–H groups in total. The molecule has 0 bridgehead atoms. The average molecular weight is 434 g/mol. The van der Waals surface area contributed by atoms with Crippen LogP contribution in [-0.4, -0.2) is 33.0 Å². The van der Waals surface area contributed by atoms with E-state index in [4.69, 9.17) is 16.3 Å². The van der Waals surface area contributed by atoms with Crippen LogP contribution in [0.4, 0.5) is 0 Å². The van der Waals surface area contributed by atoms with Crippen LogP contribution in [0.3, 0.4) is 0 Å². The number of halogens is 1. The van der Waals surface area contributed by atoms with Crippen LogP contribution >= 0.6 is 11.6 Å². The number of nitrogens with zero attached hydrogens (tertiary/aromatic N) is 4. The van der Waals surface area contributed by atoms with Gasteiger partial charge in [0.05, 0.1) is 12.8 Å². The number of ether oxygens (including phenoxy) is 1. The Morgan fingerprint density at radius 3 is 2.68 bits per heavy atom. The summed E-state index contributed by atoms with van der Waals surface area (Å²) in [5.74, 6) is 0.396. The maximum atomic E-state index is 13.1. The van der Waals surface area contributed by atoms with E-state index in [-0.39, 0.29) is 11.6 Å². The Balaban J connectivity index is 1.71. The van der Waals surface area contributed by atoms with E-state index in [1.54, 1.807) is 24.2 Å². The SMILES string of the molecule is COc1cccc(CNC(=O)c2nnn(-c3cccc(Cl)c3C)c2-c2ccncc2)c1. The number of hydrogen-bond acceptors (Lipinski definition) is 5. The van der Waals surface area contributed by atoms with Crippen LogP contribution in [0, 0.1) is 6.92 Å². The summed E-state index contributed by atoms with van der Waals surface area (Å²) in [5, 5.41) is 12.0. The Hall–Kier alpha value is -3.71. The largest absolute Gasteiger partial charge is 0.497 e. The summed E-state index contributed by atoms with van der Waals surface area (Å²) < 4.78 is 6.88. The molecule has 7 nitrogen and oxygen atoms in total. The van der Waals surface area contributed by atoms with Crippen molar-refractivity contribution in [3.8, 4) is 22.7 Å². The van der Waals surface area contributed by atoms with Crippen molar-refractivity contribution in [1.82, 2.24) is 25.3 Å². The fourth-order valence-electron chi connectivity index (χ4n) is 3.25. The van der Waals surface area contributed by atoms with Crippen LogP contribution < -0.4 is 10.1 Å². The molecule has 0 unspecified atom stereocenters. The first-order valence-electron chi connectivity index (χ1n) is 9.61. The molecule has 0 atom stereocenters. The topological polar surface area (TPSA) is 81.9 Å². The number of rotatable bonds is 6.